The van der Waals surface area contributed by atoms with Crippen LogP contribution in [0.4, 0.5) is 0 Å². The molecule has 1 heterocycles. The molecule has 2 unspecified atom stereocenters. The van der Waals surface area contributed by atoms with E-state index in [2.05, 4.69) is 58.7 Å². The maximum absolute atomic E-state index is 5.86. The number of benzene rings is 1. The predicted molar refractivity (Wildman–Crippen MR) is 101 cm³/mol. The van der Waals surface area contributed by atoms with Crippen molar-refractivity contribution < 1.29 is 4.42 Å². The molecule has 1 fully saturated rings. The number of nitrogens with zero attached hydrogens (tertiary/aromatic N) is 2. The lowest BCUT2D eigenvalue weighted by atomic mass is 9.87. The van der Waals surface area contributed by atoms with Crippen LogP contribution < -0.4 is 10.6 Å². The third-order valence-electron chi connectivity index (χ3n) is 4.80. The summed E-state index contributed by atoms with van der Waals surface area (Å²) in [5.41, 5.74) is 2.28. The average molecular weight is 340 g/mol. The molecule has 134 valence electrons. The Labute approximate surface area is 150 Å². The van der Waals surface area contributed by atoms with Crippen LogP contribution in [-0.2, 0) is 6.54 Å². The van der Waals surface area contributed by atoms with Crippen molar-refractivity contribution in [3.05, 3.63) is 41.9 Å². The number of guanidine groups is 1. The summed E-state index contributed by atoms with van der Waals surface area (Å²) in [5.74, 6) is 3.05. The van der Waals surface area contributed by atoms with E-state index < -0.39 is 0 Å². The number of aromatic nitrogens is 1. The van der Waals surface area contributed by atoms with Gasteiger partial charge in [0.05, 0.1) is 12.7 Å². The zero-order chi connectivity index (χ0) is 17.6. The van der Waals surface area contributed by atoms with E-state index in [0.717, 1.165) is 23.2 Å². The molecule has 0 amide bonds. The SMILES string of the molecule is CN=C(NCc1ncc(-c2ccc(C)cc2)o1)NC1CCCC(C)C1. The fourth-order valence-electron chi connectivity index (χ4n) is 3.36. The van der Waals surface area contributed by atoms with Gasteiger partial charge in [0.1, 0.15) is 0 Å². The highest BCUT2D eigenvalue weighted by Gasteiger charge is 2.19. The minimum atomic E-state index is 0.502. The van der Waals surface area contributed by atoms with Gasteiger partial charge >= 0.3 is 0 Å². The van der Waals surface area contributed by atoms with E-state index in [9.17, 15) is 0 Å². The maximum atomic E-state index is 5.86. The summed E-state index contributed by atoms with van der Waals surface area (Å²) in [6, 6.07) is 8.76. The number of nitrogens with one attached hydrogen (secondary N) is 2. The quantitative estimate of drug-likeness (QED) is 0.655. The largest absolute Gasteiger partial charge is 0.439 e. The molecule has 0 radical (unpaired) electrons. The molecule has 1 aromatic carbocycles. The standard InChI is InChI=1S/C20H28N4O/c1-14-7-9-16(10-8-14)18-12-22-19(25-18)13-23-20(21-3)24-17-6-4-5-15(2)11-17/h7-10,12,15,17H,4-6,11,13H2,1-3H3,(H2,21,23,24). The molecular formula is C20H28N4O. The first-order valence-electron chi connectivity index (χ1n) is 9.13. The molecule has 25 heavy (non-hydrogen) atoms. The van der Waals surface area contributed by atoms with Gasteiger partial charge in [-0.1, -0.05) is 49.6 Å². The molecule has 0 bridgehead atoms. The van der Waals surface area contributed by atoms with E-state index in [1.54, 1.807) is 13.2 Å². The first kappa shape index (κ1) is 17.5. The summed E-state index contributed by atoms with van der Waals surface area (Å²) in [6.45, 7) is 4.92. The van der Waals surface area contributed by atoms with Crippen molar-refractivity contribution in [3.8, 4) is 11.3 Å². The second-order valence-electron chi connectivity index (χ2n) is 7.02. The number of hydrogen-bond acceptors (Lipinski definition) is 3. The highest BCUT2D eigenvalue weighted by atomic mass is 16.4. The van der Waals surface area contributed by atoms with Crippen molar-refractivity contribution in [2.45, 2.75) is 52.1 Å². The molecule has 2 N–H and O–H groups in total. The molecule has 1 aromatic heterocycles. The zero-order valence-electron chi connectivity index (χ0n) is 15.4. The average Bonchev–Trinajstić information content (AvgIpc) is 3.08. The fraction of sp³-hybridized carbons (Fsp3) is 0.500. The number of hydrogen-bond donors (Lipinski definition) is 2. The van der Waals surface area contributed by atoms with Crippen molar-refractivity contribution >= 4 is 5.96 Å². The van der Waals surface area contributed by atoms with Crippen LogP contribution in [0.25, 0.3) is 11.3 Å². The minimum Gasteiger partial charge on any atom is -0.439 e. The highest BCUT2D eigenvalue weighted by molar-refractivity contribution is 5.79. The van der Waals surface area contributed by atoms with Gasteiger partial charge in [-0.2, -0.15) is 0 Å². The Kier molecular flexibility index (Phi) is 5.74. The second kappa shape index (κ2) is 8.19. The van der Waals surface area contributed by atoms with Crippen LogP contribution in [0.1, 0.15) is 44.1 Å². The lowest BCUT2D eigenvalue weighted by Gasteiger charge is -2.28. The monoisotopic (exact) mass is 340 g/mol. The van der Waals surface area contributed by atoms with E-state index in [1.807, 2.05) is 0 Å². The molecule has 0 saturated heterocycles. The van der Waals surface area contributed by atoms with Gasteiger partial charge in [-0.15, -0.1) is 0 Å². The van der Waals surface area contributed by atoms with E-state index in [4.69, 9.17) is 4.42 Å². The summed E-state index contributed by atoms with van der Waals surface area (Å²) < 4.78 is 5.86. The molecule has 3 rings (SSSR count). The molecule has 5 heteroatoms. The minimum absolute atomic E-state index is 0.502. The summed E-state index contributed by atoms with van der Waals surface area (Å²) >= 11 is 0. The Balaban J connectivity index is 1.54. The van der Waals surface area contributed by atoms with Crippen molar-refractivity contribution in [1.82, 2.24) is 15.6 Å². The van der Waals surface area contributed by atoms with Gasteiger partial charge in [0.2, 0.25) is 5.89 Å². The lowest BCUT2D eigenvalue weighted by molar-refractivity contribution is 0.324. The topological polar surface area (TPSA) is 62.5 Å². The molecule has 2 atom stereocenters. The molecule has 1 saturated carbocycles. The molecule has 2 aromatic rings. The molecule has 5 nitrogen and oxygen atoms in total. The molecule has 0 spiro atoms. The van der Waals surface area contributed by atoms with Gasteiger partial charge in [-0.25, -0.2) is 4.98 Å². The normalized spacial score (nSPS) is 21.2. The third kappa shape index (κ3) is 4.84. The van der Waals surface area contributed by atoms with Gasteiger partial charge in [0.25, 0.3) is 0 Å². The van der Waals surface area contributed by atoms with E-state index in [-0.39, 0.29) is 0 Å². The van der Waals surface area contributed by atoms with Gasteiger partial charge < -0.3 is 15.1 Å². The number of rotatable bonds is 4. The Bertz CT molecular complexity index is 705. The van der Waals surface area contributed by atoms with Crippen LogP contribution in [0.5, 0.6) is 0 Å². The van der Waals surface area contributed by atoms with Crippen LogP contribution in [-0.4, -0.2) is 24.0 Å². The first-order valence-corrected chi connectivity index (χ1v) is 9.13. The van der Waals surface area contributed by atoms with Gasteiger partial charge in [-0.05, 0) is 25.7 Å². The molecule has 1 aliphatic rings. The van der Waals surface area contributed by atoms with E-state index >= 15 is 0 Å². The second-order valence-corrected chi connectivity index (χ2v) is 7.02. The summed E-state index contributed by atoms with van der Waals surface area (Å²) in [6.07, 6.45) is 6.82. The fourth-order valence-corrected chi connectivity index (χ4v) is 3.36. The van der Waals surface area contributed by atoms with Crippen LogP contribution in [0.15, 0.2) is 39.9 Å². The van der Waals surface area contributed by atoms with Crippen molar-refractivity contribution in [2.75, 3.05) is 7.05 Å². The van der Waals surface area contributed by atoms with Gasteiger partial charge in [0, 0.05) is 18.7 Å². The maximum Gasteiger partial charge on any atom is 0.214 e. The summed E-state index contributed by atoms with van der Waals surface area (Å²) in [4.78, 5) is 8.69. The molecule has 0 aliphatic heterocycles. The number of oxazole rings is 1. The number of aliphatic imine (C=N–C) groups is 1. The summed E-state index contributed by atoms with van der Waals surface area (Å²) in [5, 5.41) is 6.82. The predicted octanol–water partition coefficient (Wildman–Crippen LogP) is 3.89. The van der Waals surface area contributed by atoms with Crippen LogP contribution >= 0.6 is 0 Å². The van der Waals surface area contributed by atoms with E-state index in [1.165, 1.54) is 31.2 Å². The van der Waals surface area contributed by atoms with Crippen molar-refractivity contribution in [2.24, 2.45) is 10.9 Å². The van der Waals surface area contributed by atoms with Crippen LogP contribution in [0, 0.1) is 12.8 Å². The zero-order valence-corrected chi connectivity index (χ0v) is 15.4. The number of aryl methyl sites for hydroxylation is 1. The van der Waals surface area contributed by atoms with Crippen molar-refractivity contribution in [3.63, 3.8) is 0 Å². The van der Waals surface area contributed by atoms with Crippen LogP contribution in [0.3, 0.4) is 0 Å². The molecular weight excluding hydrogens is 312 g/mol. The van der Waals surface area contributed by atoms with Crippen molar-refractivity contribution in [1.29, 1.82) is 0 Å². The van der Waals surface area contributed by atoms with Gasteiger partial charge in [0.15, 0.2) is 11.7 Å². The Hall–Kier alpha value is -2.30. The van der Waals surface area contributed by atoms with Gasteiger partial charge in [-0.3, -0.25) is 4.99 Å². The third-order valence-corrected chi connectivity index (χ3v) is 4.80. The van der Waals surface area contributed by atoms with Crippen LogP contribution in [0.2, 0.25) is 0 Å². The Morgan fingerprint density at radius 1 is 1.28 bits per heavy atom. The Morgan fingerprint density at radius 3 is 2.80 bits per heavy atom. The van der Waals surface area contributed by atoms with E-state index in [0.29, 0.717) is 18.5 Å². The lowest BCUT2D eigenvalue weighted by Crippen LogP contribution is -2.44. The first-order chi connectivity index (χ1) is 12.1. The highest BCUT2D eigenvalue weighted by Crippen LogP contribution is 2.23. The smallest absolute Gasteiger partial charge is 0.214 e. The summed E-state index contributed by atoms with van der Waals surface area (Å²) in [7, 11) is 1.80. The molecule has 1 aliphatic carbocycles. The Morgan fingerprint density at radius 2 is 2.08 bits per heavy atom.